The molecule has 0 saturated carbocycles. The predicted octanol–water partition coefficient (Wildman–Crippen LogP) is 2.72. The first kappa shape index (κ1) is 17.4. The Morgan fingerprint density at radius 2 is 1.84 bits per heavy atom. The molecule has 5 heteroatoms. The topological polar surface area (TPSA) is 72.8 Å². The van der Waals surface area contributed by atoms with Gasteiger partial charge in [-0.1, -0.05) is 36.4 Å². The minimum absolute atomic E-state index is 0.305. The standard InChI is InChI=1S/C20H22O5/c1-19(18(22)25-3)11-10-15-14-7-5-4-6-13(14)8-9-16(15)20(19,23)12-17(21)24-2/h4-9,23H,10-12H2,1-3H3/t19-,20+/m0/s1. The van der Waals surface area contributed by atoms with Crippen molar-refractivity contribution in [2.24, 2.45) is 5.41 Å². The monoisotopic (exact) mass is 342 g/mol. The van der Waals surface area contributed by atoms with Gasteiger partial charge >= 0.3 is 11.9 Å². The molecule has 0 aromatic heterocycles. The maximum atomic E-state index is 12.5. The molecule has 0 unspecified atom stereocenters. The summed E-state index contributed by atoms with van der Waals surface area (Å²) in [6.07, 6.45) is 0.695. The third kappa shape index (κ3) is 2.50. The number of carbonyl (C=O) groups excluding carboxylic acids is 2. The van der Waals surface area contributed by atoms with E-state index in [2.05, 4.69) is 0 Å². The maximum absolute atomic E-state index is 12.5. The molecular weight excluding hydrogens is 320 g/mol. The number of carbonyl (C=O) groups is 2. The molecule has 25 heavy (non-hydrogen) atoms. The summed E-state index contributed by atoms with van der Waals surface area (Å²) in [5.41, 5.74) is -1.36. The van der Waals surface area contributed by atoms with Crippen molar-refractivity contribution in [3.05, 3.63) is 47.5 Å². The molecule has 132 valence electrons. The molecule has 3 rings (SSSR count). The van der Waals surface area contributed by atoms with Crippen molar-refractivity contribution in [3.63, 3.8) is 0 Å². The molecule has 0 radical (unpaired) electrons. The van der Waals surface area contributed by atoms with E-state index in [0.29, 0.717) is 18.4 Å². The van der Waals surface area contributed by atoms with Crippen molar-refractivity contribution < 1.29 is 24.2 Å². The number of rotatable bonds is 3. The lowest BCUT2D eigenvalue weighted by Crippen LogP contribution is -2.53. The summed E-state index contributed by atoms with van der Waals surface area (Å²) >= 11 is 0. The van der Waals surface area contributed by atoms with E-state index >= 15 is 0 Å². The van der Waals surface area contributed by atoms with Crippen molar-refractivity contribution in [2.45, 2.75) is 31.8 Å². The Morgan fingerprint density at radius 1 is 1.12 bits per heavy atom. The second kappa shape index (κ2) is 6.15. The lowest BCUT2D eigenvalue weighted by molar-refractivity contribution is -0.181. The summed E-state index contributed by atoms with van der Waals surface area (Å²) in [4.78, 5) is 24.5. The highest BCUT2D eigenvalue weighted by Crippen LogP contribution is 2.52. The highest BCUT2D eigenvalue weighted by molar-refractivity contribution is 5.89. The number of hydrogen-bond donors (Lipinski definition) is 1. The van der Waals surface area contributed by atoms with Crippen molar-refractivity contribution in [1.29, 1.82) is 0 Å². The maximum Gasteiger partial charge on any atom is 0.314 e. The summed E-state index contributed by atoms with van der Waals surface area (Å²) in [5.74, 6) is -1.10. The normalized spacial score (nSPS) is 25.3. The van der Waals surface area contributed by atoms with Gasteiger partial charge in [0.25, 0.3) is 0 Å². The van der Waals surface area contributed by atoms with Crippen LogP contribution >= 0.6 is 0 Å². The van der Waals surface area contributed by atoms with Gasteiger partial charge in [-0.15, -0.1) is 0 Å². The van der Waals surface area contributed by atoms with Crippen LogP contribution in [0.5, 0.6) is 0 Å². The number of benzene rings is 2. The van der Waals surface area contributed by atoms with Crippen LogP contribution in [0.15, 0.2) is 36.4 Å². The van der Waals surface area contributed by atoms with E-state index in [4.69, 9.17) is 9.47 Å². The largest absolute Gasteiger partial charge is 0.469 e. The van der Waals surface area contributed by atoms with Gasteiger partial charge in [-0.25, -0.2) is 0 Å². The van der Waals surface area contributed by atoms with E-state index in [1.807, 2.05) is 30.3 Å². The Labute approximate surface area is 146 Å². The third-order valence-electron chi connectivity index (χ3n) is 5.54. The van der Waals surface area contributed by atoms with E-state index in [1.54, 1.807) is 13.0 Å². The van der Waals surface area contributed by atoms with Gasteiger partial charge in [0.1, 0.15) is 5.60 Å². The van der Waals surface area contributed by atoms with Gasteiger partial charge in [0.15, 0.2) is 0 Å². The van der Waals surface area contributed by atoms with Crippen LogP contribution in [0.1, 0.15) is 30.9 Å². The van der Waals surface area contributed by atoms with E-state index in [-0.39, 0.29) is 6.42 Å². The van der Waals surface area contributed by atoms with E-state index < -0.39 is 23.0 Å². The van der Waals surface area contributed by atoms with Crippen LogP contribution in [0, 0.1) is 5.41 Å². The van der Waals surface area contributed by atoms with Gasteiger partial charge in [0, 0.05) is 0 Å². The molecule has 5 nitrogen and oxygen atoms in total. The van der Waals surface area contributed by atoms with Crippen molar-refractivity contribution in [2.75, 3.05) is 14.2 Å². The van der Waals surface area contributed by atoms with E-state index in [1.165, 1.54) is 14.2 Å². The molecule has 0 amide bonds. The molecule has 0 fully saturated rings. The lowest BCUT2D eigenvalue weighted by atomic mass is 9.60. The number of aliphatic hydroxyl groups is 1. The fourth-order valence-corrected chi connectivity index (χ4v) is 3.94. The highest BCUT2D eigenvalue weighted by atomic mass is 16.5. The Kier molecular flexibility index (Phi) is 4.29. The second-order valence-electron chi connectivity index (χ2n) is 6.75. The van der Waals surface area contributed by atoms with Crippen molar-refractivity contribution in [3.8, 4) is 0 Å². The van der Waals surface area contributed by atoms with Crippen LogP contribution < -0.4 is 0 Å². The average molecular weight is 342 g/mol. The second-order valence-corrected chi connectivity index (χ2v) is 6.75. The fraction of sp³-hybridized carbons (Fsp3) is 0.400. The van der Waals surface area contributed by atoms with Gasteiger partial charge in [-0.2, -0.15) is 0 Å². The number of fused-ring (bicyclic) bond motifs is 3. The van der Waals surface area contributed by atoms with Gasteiger partial charge in [-0.3, -0.25) is 9.59 Å². The van der Waals surface area contributed by atoms with Crippen LogP contribution in [-0.2, 0) is 31.1 Å². The SMILES string of the molecule is COC(=O)C[C@@]1(O)c2ccc3ccccc3c2CC[C@@]1(C)C(=O)OC. The molecule has 2 aromatic carbocycles. The van der Waals surface area contributed by atoms with Gasteiger partial charge in [-0.05, 0) is 41.7 Å². The summed E-state index contributed by atoms with van der Waals surface area (Å²) in [6, 6.07) is 11.6. The molecule has 0 aliphatic heterocycles. The van der Waals surface area contributed by atoms with Crippen LogP contribution in [0.25, 0.3) is 10.8 Å². The van der Waals surface area contributed by atoms with Crippen molar-refractivity contribution in [1.82, 2.24) is 0 Å². The quantitative estimate of drug-likeness (QED) is 0.868. The summed E-state index contributed by atoms with van der Waals surface area (Å²) in [5, 5.41) is 13.7. The minimum Gasteiger partial charge on any atom is -0.469 e. The highest BCUT2D eigenvalue weighted by Gasteiger charge is 2.58. The Bertz CT molecular complexity index is 843. The molecule has 1 aliphatic rings. The zero-order valence-corrected chi connectivity index (χ0v) is 14.7. The van der Waals surface area contributed by atoms with Gasteiger partial charge in [0.2, 0.25) is 0 Å². The van der Waals surface area contributed by atoms with Gasteiger partial charge in [0.05, 0.1) is 26.1 Å². The molecular formula is C20H22O5. The number of aryl methyl sites for hydroxylation is 1. The summed E-state index contributed by atoms with van der Waals surface area (Å²) in [7, 11) is 2.56. The first-order valence-corrected chi connectivity index (χ1v) is 8.26. The molecule has 2 aromatic rings. The molecule has 0 spiro atoms. The van der Waals surface area contributed by atoms with E-state index in [0.717, 1.165) is 16.3 Å². The van der Waals surface area contributed by atoms with Crippen LogP contribution in [-0.4, -0.2) is 31.3 Å². The lowest BCUT2D eigenvalue weighted by Gasteiger charge is -2.47. The molecule has 1 N–H and O–H groups in total. The first-order chi connectivity index (χ1) is 11.9. The third-order valence-corrected chi connectivity index (χ3v) is 5.54. The molecule has 0 saturated heterocycles. The summed E-state index contributed by atoms with van der Waals surface area (Å²) in [6.45, 7) is 1.65. The Morgan fingerprint density at radius 3 is 2.52 bits per heavy atom. The number of ether oxygens (including phenoxy) is 2. The number of methoxy groups -OCH3 is 2. The number of esters is 2. The molecule has 0 heterocycles. The summed E-state index contributed by atoms with van der Waals surface area (Å²) < 4.78 is 9.73. The number of hydrogen-bond acceptors (Lipinski definition) is 5. The zero-order chi connectivity index (χ0) is 18.2. The minimum atomic E-state index is -1.69. The molecule has 0 bridgehead atoms. The zero-order valence-electron chi connectivity index (χ0n) is 14.7. The average Bonchev–Trinajstić information content (AvgIpc) is 2.63. The van der Waals surface area contributed by atoms with Crippen LogP contribution in [0.2, 0.25) is 0 Å². The van der Waals surface area contributed by atoms with E-state index in [9.17, 15) is 14.7 Å². The molecule has 1 aliphatic carbocycles. The fourth-order valence-electron chi connectivity index (χ4n) is 3.94. The first-order valence-electron chi connectivity index (χ1n) is 8.26. The Balaban J connectivity index is 2.26. The predicted molar refractivity (Wildman–Crippen MR) is 92.9 cm³/mol. The van der Waals surface area contributed by atoms with Crippen LogP contribution in [0.3, 0.4) is 0 Å². The van der Waals surface area contributed by atoms with Gasteiger partial charge < -0.3 is 14.6 Å². The van der Waals surface area contributed by atoms with Crippen LogP contribution in [0.4, 0.5) is 0 Å². The molecule has 2 atom stereocenters. The Hall–Kier alpha value is -2.40. The van der Waals surface area contributed by atoms with Crippen molar-refractivity contribution >= 4 is 22.7 Å². The smallest absolute Gasteiger partial charge is 0.314 e.